The zero-order valence-electron chi connectivity index (χ0n) is 19.7. The van der Waals surface area contributed by atoms with Crippen molar-refractivity contribution >= 4 is 21.8 Å². The molecular formula is C24H29F3N4O3S. The maximum atomic E-state index is 12.9. The third kappa shape index (κ3) is 7.28. The van der Waals surface area contributed by atoms with E-state index in [0.29, 0.717) is 13.0 Å². The number of carbonyl (C=O) groups is 1. The van der Waals surface area contributed by atoms with Crippen LogP contribution in [0.2, 0.25) is 0 Å². The average Bonchev–Trinajstić information content (AvgIpc) is 3.35. The van der Waals surface area contributed by atoms with Crippen LogP contribution >= 0.6 is 0 Å². The Labute approximate surface area is 203 Å². The first-order valence-electron chi connectivity index (χ1n) is 11.2. The largest absolute Gasteiger partial charge is 0.393 e. The second-order valence-electron chi connectivity index (χ2n) is 8.40. The molecule has 1 N–H and O–H groups in total. The third-order valence-corrected chi connectivity index (χ3v) is 7.71. The van der Waals surface area contributed by atoms with Crippen molar-refractivity contribution in [3.8, 4) is 0 Å². The lowest BCUT2D eigenvalue weighted by Gasteiger charge is -2.22. The molecule has 0 atom stereocenters. The minimum Gasteiger partial charge on any atom is -0.368 e. The fourth-order valence-corrected chi connectivity index (χ4v) is 5.08. The van der Waals surface area contributed by atoms with Gasteiger partial charge < -0.3 is 10.2 Å². The highest BCUT2D eigenvalue weighted by molar-refractivity contribution is 7.89. The van der Waals surface area contributed by atoms with Crippen molar-refractivity contribution in [3.63, 3.8) is 0 Å². The van der Waals surface area contributed by atoms with Gasteiger partial charge in [-0.15, -0.1) is 0 Å². The van der Waals surface area contributed by atoms with Crippen LogP contribution in [0.5, 0.6) is 0 Å². The minimum absolute atomic E-state index is 0.0852. The molecule has 2 aromatic carbocycles. The van der Waals surface area contributed by atoms with E-state index in [1.165, 1.54) is 24.1 Å². The van der Waals surface area contributed by atoms with Crippen molar-refractivity contribution < 1.29 is 26.4 Å². The topological polar surface area (TPSA) is 82.1 Å². The maximum absolute atomic E-state index is 12.9. The van der Waals surface area contributed by atoms with E-state index in [4.69, 9.17) is 0 Å². The number of rotatable bonds is 10. The number of alkyl halides is 3. The molecule has 0 spiro atoms. The normalized spacial score (nSPS) is 14.1. The zero-order valence-corrected chi connectivity index (χ0v) is 20.5. The summed E-state index contributed by atoms with van der Waals surface area (Å²) < 4.78 is 65.3. The molecule has 0 saturated carbocycles. The summed E-state index contributed by atoms with van der Waals surface area (Å²) >= 11 is 0. The highest BCUT2D eigenvalue weighted by Gasteiger charge is 2.32. The predicted molar refractivity (Wildman–Crippen MR) is 128 cm³/mol. The molecule has 0 radical (unpaired) electrons. The quantitative estimate of drug-likeness (QED) is 0.533. The van der Waals surface area contributed by atoms with Crippen LogP contribution in [-0.2, 0) is 27.7 Å². The van der Waals surface area contributed by atoms with E-state index in [9.17, 15) is 26.4 Å². The number of hydrogen-bond acceptors (Lipinski definition) is 5. The molecule has 1 aliphatic heterocycles. The number of aliphatic imine (C=N–C) groups is 1. The summed E-state index contributed by atoms with van der Waals surface area (Å²) in [5.41, 5.74) is 1.74. The maximum Gasteiger partial charge on any atom is 0.393 e. The number of sulfonamides is 1. The van der Waals surface area contributed by atoms with Gasteiger partial charge >= 0.3 is 6.18 Å². The molecule has 35 heavy (non-hydrogen) atoms. The van der Waals surface area contributed by atoms with E-state index in [0.717, 1.165) is 46.5 Å². The van der Waals surface area contributed by atoms with Gasteiger partial charge in [0, 0.05) is 45.7 Å². The molecular weight excluding hydrogens is 481 g/mol. The van der Waals surface area contributed by atoms with Crippen LogP contribution in [0.4, 0.5) is 13.2 Å². The van der Waals surface area contributed by atoms with Crippen LogP contribution in [0.25, 0.3) is 0 Å². The Hall–Kier alpha value is -2.92. The average molecular weight is 511 g/mol. The Morgan fingerprint density at radius 2 is 1.74 bits per heavy atom. The van der Waals surface area contributed by atoms with Gasteiger partial charge in [-0.1, -0.05) is 42.5 Å². The number of benzene rings is 2. The Kier molecular flexibility index (Phi) is 8.55. The van der Waals surface area contributed by atoms with Crippen LogP contribution in [0.3, 0.4) is 0 Å². The second kappa shape index (κ2) is 11.2. The molecule has 0 fully saturated rings. The predicted octanol–water partition coefficient (Wildman–Crippen LogP) is 2.85. The first-order valence-corrected chi connectivity index (χ1v) is 12.6. The molecule has 11 heteroatoms. The van der Waals surface area contributed by atoms with Gasteiger partial charge in [-0.05, 0) is 23.6 Å². The van der Waals surface area contributed by atoms with Gasteiger partial charge in [0.25, 0.3) is 0 Å². The molecule has 2 aromatic rings. The summed E-state index contributed by atoms with van der Waals surface area (Å²) in [4.78, 5) is 18.0. The molecule has 1 heterocycles. The Morgan fingerprint density at radius 1 is 1.06 bits per heavy atom. The van der Waals surface area contributed by atoms with E-state index in [1.807, 2.05) is 24.3 Å². The summed E-state index contributed by atoms with van der Waals surface area (Å²) in [7, 11) is -1.28. The van der Waals surface area contributed by atoms with Crippen molar-refractivity contribution in [2.75, 3.05) is 40.3 Å². The van der Waals surface area contributed by atoms with Crippen LogP contribution < -0.4 is 5.32 Å². The minimum atomic E-state index is -4.54. The first-order chi connectivity index (χ1) is 16.5. The van der Waals surface area contributed by atoms with Crippen LogP contribution in [0.15, 0.2) is 58.4 Å². The number of nitrogens with one attached hydrogen (secondary N) is 1. The monoisotopic (exact) mass is 510 g/mol. The van der Waals surface area contributed by atoms with E-state index in [2.05, 4.69) is 10.3 Å². The van der Waals surface area contributed by atoms with Crippen LogP contribution in [0.1, 0.15) is 23.1 Å². The van der Waals surface area contributed by atoms with E-state index in [-0.39, 0.29) is 24.4 Å². The molecule has 7 nitrogen and oxygen atoms in total. The molecule has 3 rings (SSSR count). The zero-order chi connectivity index (χ0) is 25.6. The number of nitrogens with zero attached hydrogens (tertiary/aromatic N) is 3. The van der Waals surface area contributed by atoms with Crippen molar-refractivity contribution in [1.82, 2.24) is 14.5 Å². The van der Waals surface area contributed by atoms with Gasteiger partial charge in [0.2, 0.25) is 15.9 Å². The standard InChI is InChI=1S/C24H29F3N4O3S/c1-30(15-11-18-7-9-19(10-8-18)23-28-13-14-29-23)22(32)12-16-31(2)35(33,34)21-6-4-3-5-20(21)17-24(25,26)27/h3-10H,11-17H2,1-2H3,(H,28,29). The van der Waals surface area contributed by atoms with Crippen molar-refractivity contribution in [2.45, 2.75) is 30.3 Å². The molecule has 0 bridgehead atoms. The highest BCUT2D eigenvalue weighted by atomic mass is 32.2. The lowest BCUT2D eigenvalue weighted by molar-refractivity contribution is -0.130. The summed E-state index contributed by atoms with van der Waals surface area (Å²) in [5.74, 6) is 0.626. The smallest absolute Gasteiger partial charge is 0.368 e. The fraction of sp³-hybridized carbons (Fsp3) is 0.417. The third-order valence-electron chi connectivity index (χ3n) is 5.76. The van der Waals surface area contributed by atoms with E-state index in [1.54, 1.807) is 7.05 Å². The van der Waals surface area contributed by atoms with Gasteiger partial charge in [-0.25, -0.2) is 12.7 Å². The first kappa shape index (κ1) is 26.7. The van der Waals surface area contributed by atoms with Crippen molar-refractivity contribution in [1.29, 1.82) is 0 Å². The van der Waals surface area contributed by atoms with Crippen molar-refractivity contribution in [2.24, 2.45) is 4.99 Å². The molecule has 0 aliphatic carbocycles. The highest BCUT2D eigenvalue weighted by Crippen LogP contribution is 2.27. The van der Waals surface area contributed by atoms with Gasteiger partial charge in [-0.2, -0.15) is 13.2 Å². The fourth-order valence-electron chi connectivity index (χ4n) is 3.69. The number of hydrogen-bond donors (Lipinski definition) is 1. The van der Waals surface area contributed by atoms with Crippen LogP contribution in [-0.4, -0.2) is 75.8 Å². The van der Waals surface area contributed by atoms with Gasteiger partial charge in [0.15, 0.2) is 0 Å². The Balaban J connectivity index is 1.53. The summed E-state index contributed by atoms with van der Waals surface area (Å²) in [6.45, 7) is 1.90. The van der Waals surface area contributed by atoms with Gasteiger partial charge in [-0.3, -0.25) is 9.79 Å². The van der Waals surface area contributed by atoms with Gasteiger partial charge in [0.05, 0.1) is 17.9 Å². The number of carbonyl (C=O) groups excluding carboxylic acids is 1. The lowest BCUT2D eigenvalue weighted by atomic mass is 10.1. The second-order valence-corrected chi connectivity index (χ2v) is 10.4. The Morgan fingerprint density at radius 3 is 2.37 bits per heavy atom. The Bertz CT molecular complexity index is 1170. The van der Waals surface area contributed by atoms with E-state index < -0.39 is 27.5 Å². The summed E-state index contributed by atoms with van der Waals surface area (Å²) in [6.07, 6.45) is -5.34. The van der Waals surface area contributed by atoms with E-state index >= 15 is 0 Å². The lowest BCUT2D eigenvalue weighted by Crippen LogP contribution is -2.34. The number of likely N-dealkylation sites (N-methyl/N-ethyl adjacent to an activating group) is 1. The van der Waals surface area contributed by atoms with Gasteiger partial charge in [0.1, 0.15) is 5.84 Å². The molecule has 1 amide bonds. The van der Waals surface area contributed by atoms with Crippen molar-refractivity contribution in [3.05, 3.63) is 65.2 Å². The number of halogens is 3. The molecule has 0 aromatic heterocycles. The SMILES string of the molecule is CN(CCc1ccc(C2=NCCN2)cc1)C(=O)CCN(C)S(=O)(=O)c1ccccc1CC(F)(F)F. The number of amides is 1. The summed E-state index contributed by atoms with van der Waals surface area (Å²) in [5, 5.41) is 3.21. The molecule has 0 unspecified atom stereocenters. The molecule has 0 saturated heterocycles. The van der Waals surface area contributed by atoms with Crippen LogP contribution in [0, 0.1) is 0 Å². The molecule has 1 aliphatic rings. The molecule has 190 valence electrons. The number of amidine groups is 1. The summed E-state index contributed by atoms with van der Waals surface area (Å²) in [6, 6.07) is 13.0.